The first-order valence-corrected chi connectivity index (χ1v) is 7.75. The van der Waals surface area contributed by atoms with Gasteiger partial charge in [0, 0.05) is 25.8 Å². The highest BCUT2D eigenvalue weighted by Crippen LogP contribution is 2.20. The zero-order chi connectivity index (χ0) is 15.2. The number of rotatable bonds is 4. The second-order valence-electron chi connectivity index (χ2n) is 5.60. The van der Waals surface area contributed by atoms with Gasteiger partial charge in [-0.15, -0.1) is 0 Å². The van der Waals surface area contributed by atoms with E-state index in [9.17, 15) is 4.79 Å². The lowest BCUT2D eigenvalue weighted by atomic mass is 10.2. The Morgan fingerprint density at radius 1 is 1.33 bits per heavy atom. The number of likely N-dealkylation sites (N-methyl/N-ethyl adjacent to an activating group) is 1. The summed E-state index contributed by atoms with van der Waals surface area (Å²) in [5.74, 6) is 0.464. The van der Waals surface area contributed by atoms with E-state index in [4.69, 9.17) is 4.74 Å². The molecule has 0 saturated carbocycles. The molecule has 0 amide bonds. The van der Waals surface area contributed by atoms with Gasteiger partial charge in [-0.05, 0) is 45.5 Å². The molecule has 1 saturated heterocycles. The molecular formula is C16H25N3O2. The highest BCUT2D eigenvalue weighted by Gasteiger charge is 2.21. The summed E-state index contributed by atoms with van der Waals surface area (Å²) in [5, 5.41) is 0. The third kappa shape index (κ3) is 4.17. The molecule has 1 aromatic heterocycles. The fourth-order valence-corrected chi connectivity index (χ4v) is 2.58. The molecule has 1 aliphatic heterocycles. The molecule has 21 heavy (non-hydrogen) atoms. The molecule has 0 aliphatic carbocycles. The van der Waals surface area contributed by atoms with E-state index in [1.54, 1.807) is 18.3 Å². The standard InChI is InChI=1S/C16H25N3O2/c1-4-18-9-6-10-19(12-11-18)15-14(7-5-8-17-15)16(20)21-13(2)3/h5,7-8,13H,4,6,9-12H2,1-3H3. The lowest BCUT2D eigenvalue weighted by Crippen LogP contribution is -2.32. The average Bonchev–Trinajstić information content (AvgIpc) is 2.72. The molecule has 0 aromatic carbocycles. The third-order valence-corrected chi connectivity index (χ3v) is 3.68. The number of anilines is 1. The van der Waals surface area contributed by atoms with Crippen molar-refractivity contribution in [2.24, 2.45) is 0 Å². The van der Waals surface area contributed by atoms with Crippen molar-refractivity contribution >= 4 is 11.8 Å². The maximum Gasteiger partial charge on any atom is 0.342 e. The fourth-order valence-electron chi connectivity index (χ4n) is 2.58. The molecule has 1 fully saturated rings. The quantitative estimate of drug-likeness (QED) is 0.796. The molecule has 0 N–H and O–H groups in total. The van der Waals surface area contributed by atoms with Crippen LogP contribution in [0.15, 0.2) is 18.3 Å². The van der Waals surface area contributed by atoms with Gasteiger partial charge in [0.15, 0.2) is 0 Å². The van der Waals surface area contributed by atoms with E-state index in [1.165, 1.54) is 0 Å². The minimum Gasteiger partial charge on any atom is -0.459 e. The summed E-state index contributed by atoms with van der Waals surface area (Å²) in [5.41, 5.74) is 0.566. The second kappa shape index (κ2) is 7.41. The van der Waals surface area contributed by atoms with Crippen molar-refractivity contribution in [3.8, 4) is 0 Å². The Kier molecular flexibility index (Phi) is 5.56. The van der Waals surface area contributed by atoms with Crippen molar-refractivity contribution < 1.29 is 9.53 Å². The van der Waals surface area contributed by atoms with E-state index in [2.05, 4.69) is 21.7 Å². The Balaban J connectivity index is 2.17. The van der Waals surface area contributed by atoms with Gasteiger partial charge in [0.1, 0.15) is 11.4 Å². The first-order valence-electron chi connectivity index (χ1n) is 7.75. The topological polar surface area (TPSA) is 45.7 Å². The summed E-state index contributed by atoms with van der Waals surface area (Å²) in [7, 11) is 0. The molecule has 2 heterocycles. The van der Waals surface area contributed by atoms with Crippen molar-refractivity contribution in [1.29, 1.82) is 0 Å². The number of hydrogen-bond donors (Lipinski definition) is 0. The average molecular weight is 291 g/mol. The van der Waals surface area contributed by atoms with Crippen molar-refractivity contribution in [3.05, 3.63) is 23.9 Å². The number of ether oxygens (including phenoxy) is 1. The highest BCUT2D eigenvalue weighted by atomic mass is 16.5. The van der Waals surface area contributed by atoms with Gasteiger partial charge in [-0.2, -0.15) is 0 Å². The van der Waals surface area contributed by atoms with Gasteiger partial charge < -0.3 is 14.5 Å². The molecule has 0 atom stereocenters. The van der Waals surface area contributed by atoms with Gasteiger partial charge in [0.25, 0.3) is 0 Å². The van der Waals surface area contributed by atoms with E-state index in [-0.39, 0.29) is 12.1 Å². The number of pyridine rings is 1. The Bertz CT molecular complexity index is 476. The minimum atomic E-state index is -0.287. The summed E-state index contributed by atoms with van der Waals surface area (Å²) in [4.78, 5) is 21.3. The zero-order valence-corrected chi connectivity index (χ0v) is 13.2. The molecule has 1 aromatic rings. The largest absolute Gasteiger partial charge is 0.459 e. The predicted molar refractivity (Wildman–Crippen MR) is 83.7 cm³/mol. The van der Waals surface area contributed by atoms with Crippen molar-refractivity contribution in [2.45, 2.75) is 33.3 Å². The van der Waals surface area contributed by atoms with Crippen LogP contribution in [0.5, 0.6) is 0 Å². The number of carbonyl (C=O) groups excluding carboxylic acids is 1. The van der Waals surface area contributed by atoms with Crippen LogP contribution < -0.4 is 4.90 Å². The second-order valence-corrected chi connectivity index (χ2v) is 5.60. The summed E-state index contributed by atoms with van der Waals surface area (Å²) in [6, 6.07) is 3.59. The predicted octanol–water partition coefficient (Wildman–Crippen LogP) is 2.18. The maximum atomic E-state index is 12.2. The van der Waals surface area contributed by atoms with Gasteiger partial charge in [-0.25, -0.2) is 9.78 Å². The van der Waals surface area contributed by atoms with Crippen LogP contribution in [0.1, 0.15) is 37.6 Å². The van der Waals surface area contributed by atoms with E-state index in [0.717, 1.165) is 45.0 Å². The minimum absolute atomic E-state index is 0.120. The summed E-state index contributed by atoms with van der Waals surface area (Å²) in [6.07, 6.45) is 2.71. The lowest BCUT2D eigenvalue weighted by molar-refractivity contribution is 0.0378. The van der Waals surface area contributed by atoms with Crippen molar-refractivity contribution in [2.75, 3.05) is 37.6 Å². The smallest absolute Gasteiger partial charge is 0.342 e. The third-order valence-electron chi connectivity index (χ3n) is 3.68. The number of nitrogens with zero attached hydrogens (tertiary/aromatic N) is 3. The molecule has 0 bridgehead atoms. The number of carbonyl (C=O) groups is 1. The van der Waals surface area contributed by atoms with Crippen LogP contribution in [0, 0.1) is 0 Å². The molecule has 0 spiro atoms. The van der Waals surface area contributed by atoms with Crippen LogP contribution >= 0.6 is 0 Å². The van der Waals surface area contributed by atoms with Crippen molar-refractivity contribution in [1.82, 2.24) is 9.88 Å². The first kappa shape index (κ1) is 15.8. The molecule has 2 rings (SSSR count). The van der Waals surface area contributed by atoms with Crippen LogP contribution in [-0.4, -0.2) is 54.7 Å². The number of hydrogen-bond acceptors (Lipinski definition) is 5. The van der Waals surface area contributed by atoms with Crippen molar-refractivity contribution in [3.63, 3.8) is 0 Å². The van der Waals surface area contributed by atoms with E-state index < -0.39 is 0 Å². The Morgan fingerprint density at radius 3 is 2.86 bits per heavy atom. The van der Waals surface area contributed by atoms with Crippen LogP contribution in [0.2, 0.25) is 0 Å². The monoisotopic (exact) mass is 291 g/mol. The van der Waals surface area contributed by atoms with Gasteiger partial charge in [-0.1, -0.05) is 6.92 Å². The normalized spacial score (nSPS) is 16.9. The van der Waals surface area contributed by atoms with E-state index in [1.807, 2.05) is 13.8 Å². The Morgan fingerprint density at radius 2 is 2.14 bits per heavy atom. The number of esters is 1. The molecular weight excluding hydrogens is 266 g/mol. The van der Waals surface area contributed by atoms with Crippen LogP contribution in [0.4, 0.5) is 5.82 Å². The van der Waals surface area contributed by atoms with Gasteiger partial charge in [-0.3, -0.25) is 0 Å². The summed E-state index contributed by atoms with van der Waals surface area (Å²) in [6.45, 7) is 10.9. The SMILES string of the molecule is CCN1CCCN(c2ncccc2C(=O)OC(C)C)CC1. The number of aromatic nitrogens is 1. The van der Waals surface area contributed by atoms with E-state index in [0.29, 0.717) is 5.56 Å². The zero-order valence-electron chi connectivity index (χ0n) is 13.2. The van der Waals surface area contributed by atoms with Crippen LogP contribution in [0.25, 0.3) is 0 Å². The lowest BCUT2D eigenvalue weighted by Gasteiger charge is -2.24. The molecule has 5 heteroatoms. The Labute approximate surface area is 126 Å². The van der Waals surface area contributed by atoms with Gasteiger partial charge in [0.2, 0.25) is 0 Å². The van der Waals surface area contributed by atoms with Crippen LogP contribution in [-0.2, 0) is 4.74 Å². The molecule has 116 valence electrons. The van der Waals surface area contributed by atoms with Gasteiger partial charge in [0.05, 0.1) is 6.10 Å². The summed E-state index contributed by atoms with van der Waals surface area (Å²) < 4.78 is 5.33. The van der Waals surface area contributed by atoms with Gasteiger partial charge >= 0.3 is 5.97 Å². The maximum absolute atomic E-state index is 12.2. The molecule has 1 aliphatic rings. The Hall–Kier alpha value is -1.62. The van der Waals surface area contributed by atoms with E-state index >= 15 is 0 Å². The summed E-state index contributed by atoms with van der Waals surface area (Å²) >= 11 is 0. The molecule has 0 radical (unpaired) electrons. The van der Waals surface area contributed by atoms with Crippen LogP contribution in [0.3, 0.4) is 0 Å². The molecule has 0 unspecified atom stereocenters. The fraction of sp³-hybridized carbons (Fsp3) is 0.625. The highest BCUT2D eigenvalue weighted by molar-refractivity contribution is 5.94. The first-order chi connectivity index (χ1) is 10.1. The molecule has 5 nitrogen and oxygen atoms in total.